The summed E-state index contributed by atoms with van der Waals surface area (Å²) in [6.07, 6.45) is 2.36. The summed E-state index contributed by atoms with van der Waals surface area (Å²) >= 11 is 0.983. The van der Waals surface area contributed by atoms with E-state index in [1.54, 1.807) is 0 Å². The number of thioether (sulfide) groups is 1. The van der Waals surface area contributed by atoms with Gasteiger partial charge in [-0.15, -0.1) is 0 Å². The quantitative estimate of drug-likeness (QED) is 0.626. The molecule has 0 aromatic carbocycles. The van der Waals surface area contributed by atoms with E-state index in [2.05, 4.69) is 5.32 Å². The number of aliphatic carboxylic acids is 1. The molecule has 0 spiro atoms. The molecule has 0 aromatic rings. The van der Waals surface area contributed by atoms with Gasteiger partial charge in [-0.1, -0.05) is 18.2 Å². The molecule has 0 fully saturated rings. The molecule has 0 unspecified atom stereocenters. The van der Waals surface area contributed by atoms with Crippen LogP contribution in [0.4, 0.5) is 0 Å². The van der Waals surface area contributed by atoms with E-state index in [4.69, 9.17) is 5.11 Å². The van der Waals surface area contributed by atoms with Crippen molar-refractivity contribution in [1.29, 1.82) is 0 Å². The minimum Gasteiger partial charge on any atom is -0.481 e. The predicted molar refractivity (Wildman–Crippen MR) is 62.3 cm³/mol. The minimum absolute atomic E-state index is 0.0726. The maximum atomic E-state index is 11.1. The third kappa shape index (κ3) is 11.0. The van der Waals surface area contributed by atoms with E-state index in [1.807, 2.05) is 0 Å². The molecule has 6 heteroatoms. The highest BCUT2D eigenvalue weighted by Gasteiger charge is 2.03. The highest BCUT2D eigenvalue weighted by atomic mass is 32.2. The number of unbranched alkanes of at least 4 members (excludes halogenated alkanes) is 2. The Bertz CT molecular complexity index is 255. The maximum absolute atomic E-state index is 11.1. The van der Waals surface area contributed by atoms with E-state index in [-0.39, 0.29) is 23.2 Å². The zero-order valence-electron chi connectivity index (χ0n) is 9.32. The van der Waals surface area contributed by atoms with Crippen LogP contribution < -0.4 is 5.32 Å². The van der Waals surface area contributed by atoms with Gasteiger partial charge in [-0.25, -0.2) is 0 Å². The van der Waals surface area contributed by atoms with Gasteiger partial charge in [0.05, 0.1) is 5.75 Å². The molecule has 0 aliphatic heterocycles. The first-order valence-corrected chi connectivity index (χ1v) is 6.13. The van der Waals surface area contributed by atoms with Crippen LogP contribution in [0.1, 0.15) is 32.6 Å². The summed E-state index contributed by atoms with van der Waals surface area (Å²) in [5.74, 6) is -0.787. The lowest BCUT2D eigenvalue weighted by atomic mass is 10.2. The fourth-order valence-electron chi connectivity index (χ4n) is 1.02. The molecule has 92 valence electrons. The maximum Gasteiger partial charge on any atom is 0.303 e. The number of carbonyl (C=O) groups is 3. The van der Waals surface area contributed by atoms with Gasteiger partial charge < -0.3 is 10.4 Å². The van der Waals surface area contributed by atoms with Gasteiger partial charge in [-0.3, -0.25) is 14.4 Å². The minimum atomic E-state index is -0.790. The molecule has 0 radical (unpaired) electrons. The molecule has 1 amide bonds. The molecule has 0 heterocycles. The Morgan fingerprint density at radius 3 is 2.44 bits per heavy atom. The van der Waals surface area contributed by atoms with Gasteiger partial charge in [0.2, 0.25) is 5.91 Å². The fourth-order valence-corrected chi connectivity index (χ4v) is 1.46. The summed E-state index contributed by atoms with van der Waals surface area (Å²) in [5.41, 5.74) is 0. The molecule has 0 aliphatic carbocycles. The normalized spacial score (nSPS) is 9.81. The van der Waals surface area contributed by atoms with Crippen molar-refractivity contribution in [2.24, 2.45) is 0 Å². The number of carboxylic acids is 1. The zero-order valence-corrected chi connectivity index (χ0v) is 10.1. The van der Waals surface area contributed by atoms with Gasteiger partial charge in [0.25, 0.3) is 0 Å². The van der Waals surface area contributed by atoms with Crippen molar-refractivity contribution in [3.8, 4) is 0 Å². The second kappa shape index (κ2) is 9.21. The standard InChI is InChI=1S/C10H17NO4S/c1-8(12)16-7-9(13)11-6-4-2-3-5-10(14)15/h2-7H2,1H3,(H,11,13)(H,14,15). The lowest BCUT2D eigenvalue weighted by Crippen LogP contribution is -2.26. The summed E-state index contributed by atoms with van der Waals surface area (Å²) < 4.78 is 0. The largest absolute Gasteiger partial charge is 0.481 e. The Morgan fingerprint density at radius 1 is 1.19 bits per heavy atom. The van der Waals surface area contributed by atoms with Gasteiger partial charge >= 0.3 is 5.97 Å². The third-order valence-electron chi connectivity index (χ3n) is 1.80. The number of carbonyl (C=O) groups excluding carboxylic acids is 2. The van der Waals surface area contributed by atoms with Crippen molar-refractivity contribution in [2.75, 3.05) is 12.3 Å². The van der Waals surface area contributed by atoms with Crippen LogP contribution in [0.2, 0.25) is 0 Å². The zero-order chi connectivity index (χ0) is 12.4. The number of carboxylic acid groups (broad SMARTS) is 1. The Balaban J connectivity index is 3.27. The molecule has 0 atom stereocenters. The summed E-state index contributed by atoms with van der Waals surface area (Å²) in [4.78, 5) is 31.8. The molecule has 0 aliphatic rings. The van der Waals surface area contributed by atoms with Crippen LogP contribution in [-0.4, -0.2) is 34.4 Å². The molecule has 0 bridgehead atoms. The monoisotopic (exact) mass is 247 g/mol. The Morgan fingerprint density at radius 2 is 1.88 bits per heavy atom. The molecule has 2 N–H and O–H groups in total. The second-order valence-corrected chi connectivity index (χ2v) is 4.49. The van der Waals surface area contributed by atoms with E-state index in [0.717, 1.165) is 24.6 Å². The van der Waals surface area contributed by atoms with Crippen molar-refractivity contribution < 1.29 is 19.5 Å². The average molecular weight is 247 g/mol. The van der Waals surface area contributed by atoms with Crippen molar-refractivity contribution >= 4 is 28.8 Å². The van der Waals surface area contributed by atoms with Gasteiger partial charge in [0.1, 0.15) is 0 Å². The molecule has 0 saturated heterocycles. The summed E-state index contributed by atoms with van der Waals surface area (Å²) in [7, 11) is 0. The molecule has 16 heavy (non-hydrogen) atoms. The van der Waals surface area contributed by atoms with Crippen LogP contribution in [0.3, 0.4) is 0 Å². The smallest absolute Gasteiger partial charge is 0.303 e. The van der Waals surface area contributed by atoms with Crippen molar-refractivity contribution in [3.63, 3.8) is 0 Å². The number of rotatable bonds is 8. The van der Waals surface area contributed by atoms with Gasteiger partial charge in [0, 0.05) is 19.9 Å². The summed E-state index contributed by atoms with van der Waals surface area (Å²) in [6.45, 7) is 1.96. The van der Waals surface area contributed by atoms with Gasteiger partial charge in [0.15, 0.2) is 5.12 Å². The number of hydrogen-bond acceptors (Lipinski definition) is 4. The first-order chi connectivity index (χ1) is 7.52. The highest BCUT2D eigenvalue weighted by molar-refractivity contribution is 8.14. The van der Waals surface area contributed by atoms with Gasteiger partial charge in [-0.05, 0) is 12.8 Å². The SMILES string of the molecule is CC(=O)SCC(=O)NCCCCCC(=O)O. The van der Waals surface area contributed by atoms with E-state index in [0.29, 0.717) is 13.0 Å². The van der Waals surface area contributed by atoms with Crippen molar-refractivity contribution in [2.45, 2.75) is 32.6 Å². The highest BCUT2D eigenvalue weighted by Crippen LogP contribution is 2.01. The topological polar surface area (TPSA) is 83.5 Å². The summed E-state index contributed by atoms with van der Waals surface area (Å²) in [5, 5.41) is 11.0. The van der Waals surface area contributed by atoms with Crippen LogP contribution in [0.5, 0.6) is 0 Å². The fraction of sp³-hybridized carbons (Fsp3) is 0.700. The number of hydrogen-bond donors (Lipinski definition) is 2. The predicted octanol–water partition coefficient (Wildman–Crippen LogP) is 1.03. The molecule has 5 nitrogen and oxygen atoms in total. The Labute approximate surface area is 99.0 Å². The first kappa shape index (κ1) is 15.0. The van der Waals surface area contributed by atoms with Crippen molar-refractivity contribution in [1.82, 2.24) is 5.32 Å². The number of nitrogens with one attached hydrogen (secondary N) is 1. The van der Waals surface area contributed by atoms with Crippen LogP contribution in [0.15, 0.2) is 0 Å². The van der Waals surface area contributed by atoms with Crippen LogP contribution in [-0.2, 0) is 14.4 Å². The molecular formula is C10H17NO4S. The van der Waals surface area contributed by atoms with Crippen LogP contribution in [0, 0.1) is 0 Å². The Kier molecular flexibility index (Phi) is 8.61. The van der Waals surface area contributed by atoms with E-state index in [9.17, 15) is 14.4 Å². The molecular weight excluding hydrogens is 230 g/mol. The number of amides is 1. The van der Waals surface area contributed by atoms with E-state index in [1.165, 1.54) is 6.92 Å². The molecule has 0 aromatic heterocycles. The average Bonchev–Trinajstić information content (AvgIpc) is 2.19. The lowest BCUT2D eigenvalue weighted by Gasteiger charge is -2.03. The molecule has 0 rings (SSSR count). The third-order valence-corrected chi connectivity index (χ3v) is 2.61. The summed E-state index contributed by atoms with van der Waals surface area (Å²) in [6, 6.07) is 0. The first-order valence-electron chi connectivity index (χ1n) is 5.14. The van der Waals surface area contributed by atoms with Crippen LogP contribution in [0.25, 0.3) is 0 Å². The molecule has 0 saturated carbocycles. The van der Waals surface area contributed by atoms with E-state index >= 15 is 0 Å². The van der Waals surface area contributed by atoms with Crippen molar-refractivity contribution in [3.05, 3.63) is 0 Å². The lowest BCUT2D eigenvalue weighted by molar-refractivity contribution is -0.137. The van der Waals surface area contributed by atoms with Crippen LogP contribution >= 0.6 is 11.8 Å². The van der Waals surface area contributed by atoms with Gasteiger partial charge in [-0.2, -0.15) is 0 Å². The van der Waals surface area contributed by atoms with E-state index < -0.39 is 5.97 Å². The second-order valence-electron chi connectivity index (χ2n) is 3.33. The Hall–Kier alpha value is -1.04.